The summed E-state index contributed by atoms with van der Waals surface area (Å²) in [4.78, 5) is 104. The van der Waals surface area contributed by atoms with Gasteiger partial charge in [-0.15, -0.1) is 0 Å². The van der Waals surface area contributed by atoms with E-state index >= 15 is 4.39 Å². The first kappa shape index (κ1) is 64.4. The number of carbonyl (C=O) groups excluding carboxylic acids is 6. The molecule has 430 valence electrons. The zero-order valence-electron chi connectivity index (χ0n) is 45.0. The zero-order valence-corrected chi connectivity index (χ0v) is 45.8. The van der Waals surface area contributed by atoms with E-state index < -0.39 is 71.5 Å². The first-order valence-electron chi connectivity index (χ1n) is 26.1. The van der Waals surface area contributed by atoms with Gasteiger partial charge in [0.1, 0.15) is 11.6 Å². The number of ketones is 1. The average Bonchev–Trinajstić information content (AvgIpc) is 3.90. The molecular weight excluding hydrogens is 1040 g/mol. The van der Waals surface area contributed by atoms with Gasteiger partial charge in [-0.25, -0.2) is 8.78 Å². The lowest BCUT2D eigenvalue weighted by molar-refractivity contribution is -0.143. The van der Waals surface area contributed by atoms with Gasteiger partial charge in [0.05, 0.1) is 76.6 Å². The number of aromatic nitrogens is 1. The van der Waals surface area contributed by atoms with E-state index in [1.165, 1.54) is 0 Å². The van der Waals surface area contributed by atoms with Crippen LogP contribution in [0.2, 0.25) is 0 Å². The lowest BCUT2D eigenvalue weighted by Crippen LogP contribution is -2.44. The normalized spacial score (nSPS) is 14.8. The first-order chi connectivity index (χ1) is 37.2. The van der Waals surface area contributed by atoms with Gasteiger partial charge < -0.3 is 55.0 Å². The van der Waals surface area contributed by atoms with Crippen LogP contribution in [0.25, 0.3) is 11.1 Å². The van der Waals surface area contributed by atoms with E-state index in [9.17, 15) is 53.0 Å². The Morgan fingerprint density at radius 1 is 0.859 bits per heavy atom. The minimum Gasteiger partial charge on any atom is -0.481 e. The molecule has 0 aliphatic carbocycles. The molecule has 20 nitrogen and oxygen atoms in total. The Balaban J connectivity index is 1.22. The molecule has 2 heterocycles. The average molecular weight is 1120 g/mol. The number of rotatable bonds is 38. The molecule has 1 aliphatic heterocycles. The van der Waals surface area contributed by atoms with Crippen LogP contribution in [-0.4, -0.2) is 168 Å². The molecule has 1 aromatic heterocycles. The SMILES string of the molecule is CC1CC(=O)N(CCC(=O)NCCOCCOCCOCCOCCC(=O)N[C@@H](CCC(=O)O)C(=O)C[C@@H](CSCC(=O)N(CCCN)[C@@H](c2cc(-c3cc(F)ccc3F)cn2Cc2ccccc2)C(C)(C)C)C(=O)O)C1=O. The van der Waals surface area contributed by atoms with Gasteiger partial charge in [-0.3, -0.25) is 43.3 Å². The largest absolute Gasteiger partial charge is 0.481 e. The minimum atomic E-state index is -1.32. The van der Waals surface area contributed by atoms with Gasteiger partial charge in [-0.1, -0.05) is 58.0 Å². The molecule has 0 saturated carbocycles. The van der Waals surface area contributed by atoms with Crippen molar-refractivity contribution in [3.8, 4) is 11.1 Å². The van der Waals surface area contributed by atoms with Crippen molar-refractivity contribution < 1.29 is 76.3 Å². The van der Waals surface area contributed by atoms with Gasteiger partial charge in [-0.2, -0.15) is 11.8 Å². The van der Waals surface area contributed by atoms with Crippen LogP contribution in [0, 0.1) is 28.9 Å². The molecule has 1 fully saturated rings. The number of hydrogen-bond acceptors (Lipinski definition) is 14. The van der Waals surface area contributed by atoms with Crippen molar-refractivity contribution in [1.82, 2.24) is 25.0 Å². The molecule has 78 heavy (non-hydrogen) atoms. The summed E-state index contributed by atoms with van der Waals surface area (Å²) < 4.78 is 53.5. The van der Waals surface area contributed by atoms with E-state index in [0.29, 0.717) is 24.2 Å². The van der Waals surface area contributed by atoms with E-state index in [0.717, 1.165) is 40.4 Å². The molecule has 3 aromatic rings. The number of carbonyl (C=O) groups is 8. The van der Waals surface area contributed by atoms with Gasteiger partial charge in [0.2, 0.25) is 29.5 Å². The van der Waals surface area contributed by atoms with Crippen molar-refractivity contribution in [3.05, 3.63) is 83.7 Å². The third-order valence-electron chi connectivity index (χ3n) is 12.6. The summed E-state index contributed by atoms with van der Waals surface area (Å²) in [6.07, 6.45) is 0.861. The predicted molar refractivity (Wildman–Crippen MR) is 286 cm³/mol. The number of aliphatic carboxylic acids is 2. The molecule has 0 bridgehead atoms. The summed E-state index contributed by atoms with van der Waals surface area (Å²) in [6.45, 7) is 10.3. The lowest BCUT2D eigenvalue weighted by Gasteiger charge is -2.41. The number of nitrogens with zero attached hydrogens (tertiary/aromatic N) is 3. The van der Waals surface area contributed by atoms with Crippen LogP contribution in [0.15, 0.2) is 60.8 Å². The van der Waals surface area contributed by atoms with Gasteiger partial charge in [0.15, 0.2) is 5.78 Å². The molecule has 4 atom stereocenters. The third-order valence-corrected chi connectivity index (χ3v) is 13.7. The van der Waals surface area contributed by atoms with Gasteiger partial charge in [-0.05, 0) is 54.6 Å². The number of nitrogens with two attached hydrogens (primary N) is 1. The summed E-state index contributed by atoms with van der Waals surface area (Å²) >= 11 is 1.01. The van der Waals surface area contributed by atoms with Crippen molar-refractivity contribution >= 4 is 59.0 Å². The quantitative estimate of drug-likeness (QED) is 0.0379. The maximum absolute atomic E-state index is 15.2. The molecule has 1 unspecified atom stereocenters. The van der Waals surface area contributed by atoms with Crippen LogP contribution in [0.4, 0.5) is 8.78 Å². The number of carboxylic acids is 2. The summed E-state index contributed by atoms with van der Waals surface area (Å²) in [5, 5.41) is 24.8. The maximum Gasteiger partial charge on any atom is 0.307 e. The highest BCUT2D eigenvalue weighted by Gasteiger charge is 2.38. The summed E-state index contributed by atoms with van der Waals surface area (Å²) in [5.74, 6) is -8.22. The Labute approximate surface area is 458 Å². The van der Waals surface area contributed by atoms with Crippen LogP contribution in [0.3, 0.4) is 0 Å². The molecule has 5 amide bonds. The highest BCUT2D eigenvalue weighted by molar-refractivity contribution is 7.99. The third kappa shape index (κ3) is 22.0. The van der Waals surface area contributed by atoms with Crippen LogP contribution >= 0.6 is 11.8 Å². The molecule has 6 N–H and O–H groups in total. The van der Waals surface area contributed by atoms with E-state index in [1.807, 2.05) is 55.7 Å². The number of ether oxygens (including phenoxy) is 4. The van der Waals surface area contributed by atoms with Gasteiger partial charge >= 0.3 is 11.9 Å². The number of carboxylic acid groups (broad SMARTS) is 2. The molecule has 0 radical (unpaired) electrons. The van der Waals surface area contributed by atoms with E-state index in [4.69, 9.17) is 24.7 Å². The molecule has 4 rings (SSSR count). The molecule has 1 saturated heterocycles. The molecule has 23 heteroatoms. The Hall–Kier alpha value is -6.11. The predicted octanol–water partition coefficient (Wildman–Crippen LogP) is 4.85. The molecular formula is C55H76F2N6O14S. The van der Waals surface area contributed by atoms with Gasteiger partial charge in [0, 0.05) is 93.0 Å². The fraction of sp³-hybridized carbons (Fsp3) is 0.564. The number of imide groups is 1. The monoisotopic (exact) mass is 1110 g/mol. The number of nitrogens with one attached hydrogen (secondary N) is 2. The Bertz CT molecular complexity index is 2460. The van der Waals surface area contributed by atoms with E-state index in [1.54, 1.807) is 24.1 Å². The maximum atomic E-state index is 15.2. The number of thioether (sulfide) groups is 1. The van der Waals surface area contributed by atoms with E-state index in [2.05, 4.69) is 10.6 Å². The van der Waals surface area contributed by atoms with Crippen molar-refractivity contribution in [2.45, 2.75) is 91.3 Å². The highest BCUT2D eigenvalue weighted by Crippen LogP contribution is 2.41. The number of benzene rings is 2. The second-order valence-electron chi connectivity index (χ2n) is 20.0. The fourth-order valence-corrected chi connectivity index (χ4v) is 9.67. The van der Waals surface area contributed by atoms with Crippen molar-refractivity contribution in [1.29, 1.82) is 0 Å². The van der Waals surface area contributed by atoms with Crippen molar-refractivity contribution in [2.24, 2.45) is 23.0 Å². The van der Waals surface area contributed by atoms with Crippen molar-refractivity contribution in [3.63, 3.8) is 0 Å². The Morgan fingerprint density at radius 2 is 1.51 bits per heavy atom. The van der Waals surface area contributed by atoms with Gasteiger partial charge in [0.25, 0.3) is 0 Å². The summed E-state index contributed by atoms with van der Waals surface area (Å²) in [7, 11) is 0. The summed E-state index contributed by atoms with van der Waals surface area (Å²) in [5.41, 5.74) is 7.39. The second kappa shape index (κ2) is 33.4. The van der Waals surface area contributed by atoms with E-state index in [-0.39, 0.29) is 151 Å². The Kier molecular flexibility index (Phi) is 27.5. The number of hydrogen-bond donors (Lipinski definition) is 5. The van der Waals surface area contributed by atoms with Crippen LogP contribution in [0.1, 0.15) is 89.9 Å². The lowest BCUT2D eigenvalue weighted by atomic mass is 9.83. The topological polar surface area (TPSA) is 275 Å². The fourth-order valence-electron chi connectivity index (χ4n) is 8.67. The smallest absolute Gasteiger partial charge is 0.307 e. The zero-order chi connectivity index (χ0) is 57.2. The number of amides is 5. The van der Waals surface area contributed by atoms with Crippen LogP contribution < -0.4 is 16.4 Å². The number of likely N-dealkylation sites (tertiary alicyclic amines) is 1. The Morgan fingerprint density at radius 3 is 2.12 bits per heavy atom. The number of halogens is 2. The first-order valence-corrected chi connectivity index (χ1v) is 27.3. The molecule has 0 spiro atoms. The number of Topliss-reactive ketones (excluding diaryl/α,β-unsaturated/α-hetero) is 1. The summed E-state index contributed by atoms with van der Waals surface area (Å²) in [6, 6.07) is 12.6. The minimum absolute atomic E-state index is 0.0180. The second-order valence-corrected chi connectivity index (χ2v) is 21.0. The standard InChI is InChI=1S/C55H76F2N6O14S/c1-37-29-49(67)63(53(37)71)20-15-47(65)59-18-22-75-24-26-77-28-27-76-25-23-74-21-16-48(66)60-44(13-14-51(69)70)46(64)31-40(54(72)73)35-78-36-50(68)62(19-8-17-58)52(55(2,3)4)45-30-39(42-32-41(56)11-12-43(42)57)34-61(45)33-38-9-6-5-7-10-38/h5-7,9-12,30,32,34,37,40,44,52H,8,13-29,31,33,35-36,58H2,1-4H3,(H,59,65)(H,60,66)(H,69,70)(H,72,73)/t37?,40-,44-,52-/m0/s1. The molecule has 1 aliphatic rings. The van der Waals surface area contributed by atoms with Crippen LogP contribution in [-0.2, 0) is 63.8 Å². The van der Waals surface area contributed by atoms with Crippen molar-refractivity contribution in [2.75, 3.05) is 90.5 Å². The molecule has 2 aromatic carbocycles. The highest BCUT2D eigenvalue weighted by atomic mass is 32.2. The van der Waals surface area contributed by atoms with Crippen LogP contribution in [0.5, 0.6) is 0 Å².